The number of para-hydroxylation sites is 1. The fraction of sp³-hybridized carbons (Fsp3) is 0.414. The van der Waals surface area contributed by atoms with E-state index in [1.807, 2.05) is 49.6 Å². The van der Waals surface area contributed by atoms with Gasteiger partial charge < -0.3 is 24.3 Å². The maximum Gasteiger partial charge on any atom is 0.459 e. The van der Waals surface area contributed by atoms with Crippen LogP contribution in [0, 0.1) is 0 Å². The average molecular weight is 618 g/mol. The molecule has 0 saturated heterocycles. The number of benzene rings is 2. The summed E-state index contributed by atoms with van der Waals surface area (Å²) in [7, 11) is -4.11. The summed E-state index contributed by atoms with van der Waals surface area (Å²) in [6.45, 7) is 8.25. The summed E-state index contributed by atoms with van der Waals surface area (Å²) < 4.78 is 38.9. The first-order valence-corrected chi connectivity index (χ1v) is 15.8. The molecule has 0 fully saturated rings. The van der Waals surface area contributed by atoms with Gasteiger partial charge in [-0.05, 0) is 57.5 Å². The molecular weight excluding hydrogens is 581 g/mol. The molecule has 226 valence electrons. The molecule has 2 aromatic carbocycles. The van der Waals surface area contributed by atoms with E-state index in [0.29, 0.717) is 34.3 Å². The zero-order valence-electron chi connectivity index (χ0n) is 24.2. The first kappa shape index (κ1) is 31.7. The monoisotopic (exact) mass is 617 g/mol. The number of pyridine rings is 1. The van der Waals surface area contributed by atoms with Crippen LogP contribution in [0.1, 0.15) is 52.4 Å². The predicted molar refractivity (Wildman–Crippen MR) is 164 cm³/mol. The number of nitrogen functional groups attached to an aromatic ring is 1. The van der Waals surface area contributed by atoms with Crippen LogP contribution in [-0.2, 0) is 30.0 Å². The number of aromatic nitrogens is 3. The lowest BCUT2D eigenvalue weighted by Crippen LogP contribution is -2.35. The van der Waals surface area contributed by atoms with E-state index >= 15 is 0 Å². The van der Waals surface area contributed by atoms with Gasteiger partial charge in [-0.15, -0.1) is 0 Å². The highest BCUT2D eigenvalue weighted by atomic mass is 35.5. The van der Waals surface area contributed by atoms with Gasteiger partial charge in [-0.1, -0.05) is 43.1 Å². The second kappa shape index (κ2) is 14.3. The number of ether oxygens (including phenoxy) is 2. The van der Waals surface area contributed by atoms with Crippen LogP contribution in [0.3, 0.4) is 0 Å². The van der Waals surface area contributed by atoms with Gasteiger partial charge in [-0.2, -0.15) is 5.09 Å². The molecule has 2 aromatic heterocycles. The summed E-state index contributed by atoms with van der Waals surface area (Å²) in [5, 5.41) is 4.07. The molecule has 0 aliphatic rings. The maximum atomic E-state index is 14.1. The third-order valence-electron chi connectivity index (χ3n) is 6.48. The molecule has 0 radical (unpaired) electrons. The van der Waals surface area contributed by atoms with Crippen molar-refractivity contribution in [3.05, 3.63) is 59.4 Å². The zero-order chi connectivity index (χ0) is 30.3. The fourth-order valence-electron chi connectivity index (χ4n) is 4.38. The largest absolute Gasteiger partial charge is 0.465 e. The lowest BCUT2D eigenvalue weighted by molar-refractivity contribution is -0.145. The summed E-state index contributed by atoms with van der Waals surface area (Å²) >= 11 is 6.02. The number of carbonyl (C=O) groups excluding carboxylic acids is 1. The Morgan fingerprint density at radius 1 is 1.12 bits per heavy atom. The number of esters is 1. The number of unbranched alkanes of at least 4 members (excludes halogenated alkanes) is 1. The van der Waals surface area contributed by atoms with Crippen molar-refractivity contribution in [2.75, 3.05) is 25.6 Å². The first-order chi connectivity index (χ1) is 20.2. The molecule has 0 bridgehead atoms. The topological polar surface area (TPSA) is 140 Å². The van der Waals surface area contributed by atoms with Crippen molar-refractivity contribution in [2.24, 2.45) is 0 Å². The molecular formula is C29H37ClN5O6P. The van der Waals surface area contributed by atoms with E-state index in [9.17, 15) is 9.36 Å². The Morgan fingerprint density at radius 3 is 2.57 bits per heavy atom. The summed E-state index contributed by atoms with van der Waals surface area (Å²) in [6, 6.07) is 12.6. The standard InChI is InChI=1S/C29H37ClN5O6P/c1-5-7-16-39-29(36)20(4)34-42(37,41-22-14-12-21(30)13-15-22)40-17-19(3)35-25(18-38-6-2)33-26-27(35)23-10-8-9-11-24(23)32-28(26)31/h8-15,19-20H,5-7,16-18H2,1-4H3,(H2,31,32)(H,34,37)/t19-,20-,42-/m0/s1. The van der Waals surface area contributed by atoms with Crippen molar-refractivity contribution in [3.63, 3.8) is 0 Å². The summed E-state index contributed by atoms with van der Waals surface area (Å²) in [4.78, 5) is 21.9. The quantitative estimate of drug-likeness (QED) is 0.0869. The van der Waals surface area contributed by atoms with Crippen molar-refractivity contribution in [1.29, 1.82) is 0 Å². The van der Waals surface area contributed by atoms with Gasteiger partial charge in [0.15, 0.2) is 5.82 Å². The van der Waals surface area contributed by atoms with Crippen LogP contribution in [0.2, 0.25) is 5.02 Å². The number of hydrogen-bond donors (Lipinski definition) is 2. The molecule has 13 heteroatoms. The molecule has 4 aromatic rings. The molecule has 42 heavy (non-hydrogen) atoms. The predicted octanol–water partition coefficient (Wildman–Crippen LogP) is 6.44. The van der Waals surface area contributed by atoms with Gasteiger partial charge in [0, 0.05) is 17.0 Å². The van der Waals surface area contributed by atoms with Crippen LogP contribution in [-0.4, -0.2) is 46.4 Å². The van der Waals surface area contributed by atoms with Gasteiger partial charge >= 0.3 is 13.7 Å². The summed E-state index contributed by atoms with van der Waals surface area (Å²) in [5.41, 5.74) is 8.33. The number of nitrogens with one attached hydrogen (secondary N) is 1. The van der Waals surface area contributed by atoms with Gasteiger partial charge in [-0.25, -0.2) is 14.5 Å². The van der Waals surface area contributed by atoms with Crippen LogP contribution < -0.4 is 15.3 Å². The second-order valence-corrected chi connectivity index (χ2v) is 11.9. The van der Waals surface area contributed by atoms with E-state index in [-0.39, 0.29) is 25.6 Å². The maximum absolute atomic E-state index is 14.1. The van der Waals surface area contributed by atoms with E-state index in [4.69, 9.17) is 40.8 Å². The smallest absolute Gasteiger partial charge is 0.459 e. The minimum Gasteiger partial charge on any atom is -0.465 e. The Labute approximate surface area is 250 Å². The number of nitrogens with zero attached hydrogens (tertiary/aromatic N) is 3. The Morgan fingerprint density at radius 2 is 1.86 bits per heavy atom. The summed E-state index contributed by atoms with van der Waals surface area (Å²) in [5.74, 6) is 0.600. The van der Waals surface area contributed by atoms with E-state index in [1.54, 1.807) is 31.2 Å². The lowest BCUT2D eigenvalue weighted by atomic mass is 10.1. The number of rotatable bonds is 15. The Hall–Kier alpha value is -3.21. The van der Waals surface area contributed by atoms with Gasteiger partial charge in [-0.3, -0.25) is 9.32 Å². The van der Waals surface area contributed by atoms with Gasteiger partial charge in [0.1, 0.15) is 29.7 Å². The van der Waals surface area contributed by atoms with Crippen molar-refractivity contribution in [3.8, 4) is 5.75 Å². The SMILES string of the molecule is CCCCOC(=O)[C@H](C)N[P@](=O)(OC[C@H](C)n1c(COCC)nc2c(N)nc3ccccc3c21)Oc1ccc(Cl)cc1. The molecule has 11 nitrogen and oxygen atoms in total. The molecule has 0 unspecified atom stereocenters. The third kappa shape index (κ3) is 7.59. The highest BCUT2D eigenvalue weighted by Crippen LogP contribution is 2.46. The van der Waals surface area contributed by atoms with E-state index in [1.165, 1.54) is 0 Å². The molecule has 0 saturated carbocycles. The average Bonchev–Trinajstić information content (AvgIpc) is 3.36. The summed E-state index contributed by atoms with van der Waals surface area (Å²) in [6.07, 6.45) is 1.60. The Balaban J connectivity index is 1.65. The Bertz CT molecular complexity index is 1560. The van der Waals surface area contributed by atoms with Crippen LogP contribution in [0.4, 0.5) is 5.82 Å². The van der Waals surface area contributed by atoms with Crippen LogP contribution >= 0.6 is 19.3 Å². The van der Waals surface area contributed by atoms with E-state index in [0.717, 1.165) is 23.7 Å². The van der Waals surface area contributed by atoms with E-state index < -0.39 is 25.8 Å². The molecule has 0 aliphatic carbocycles. The number of nitrogens with two attached hydrogens (primary N) is 1. The number of hydrogen-bond acceptors (Lipinski definition) is 9. The molecule has 4 rings (SSSR count). The number of anilines is 1. The number of halogens is 1. The van der Waals surface area contributed by atoms with Crippen molar-refractivity contribution in [2.45, 2.75) is 59.2 Å². The number of carbonyl (C=O) groups is 1. The lowest BCUT2D eigenvalue weighted by Gasteiger charge is -2.25. The number of fused-ring (bicyclic) bond motifs is 3. The van der Waals surface area contributed by atoms with Crippen molar-refractivity contribution >= 4 is 53.1 Å². The van der Waals surface area contributed by atoms with Gasteiger partial charge in [0.05, 0.1) is 30.3 Å². The van der Waals surface area contributed by atoms with Crippen molar-refractivity contribution < 1.29 is 27.9 Å². The van der Waals surface area contributed by atoms with Crippen LogP contribution in [0.25, 0.3) is 21.9 Å². The molecule has 3 atom stereocenters. The normalized spacial score (nSPS) is 14.5. The third-order valence-corrected chi connectivity index (χ3v) is 8.37. The molecule has 3 N–H and O–H groups in total. The molecule has 0 amide bonds. The van der Waals surface area contributed by atoms with Gasteiger partial charge in [0.25, 0.3) is 0 Å². The first-order valence-electron chi connectivity index (χ1n) is 13.9. The van der Waals surface area contributed by atoms with Crippen LogP contribution in [0.5, 0.6) is 5.75 Å². The fourth-order valence-corrected chi connectivity index (χ4v) is 6.07. The number of imidazole rings is 1. The highest BCUT2D eigenvalue weighted by Gasteiger charge is 2.33. The van der Waals surface area contributed by atoms with E-state index in [2.05, 4.69) is 10.1 Å². The molecule has 2 heterocycles. The molecule has 0 aliphatic heterocycles. The Kier molecular flexibility index (Phi) is 10.8. The zero-order valence-corrected chi connectivity index (χ0v) is 25.9. The minimum atomic E-state index is -4.11. The molecule has 0 spiro atoms. The van der Waals surface area contributed by atoms with Gasteiger partial charge in [0.2, 0.25) is 0 Å². The minimum absolute atomic E-state index is 0.0728. The second-order valence-electron chi connectivity index (χ2n) is 9.81. The van der Waals surface area contributed by atoms with Crippen molar-refractivity contribution in [1.82, 2.24) is 19.6 Å². The van der Waals surface area contributed by atoms with Crippen LogP contribution in [0.15, 0.2) is 48.5 Å². The highest BCUT2D eigenvalue weighted by molar-refractivity contribution is 7.52.